The molecule has 25 heavy (non-hydrogen) atoms. The molecule has 1 aromatic carbocycles. The Bertz CT molecular complexity index is 742. The highest BCUT2D eigenvalue weighted by atomic mass is 32.2. The van der Waals surface area contributed by atoms with Crippen molar-refractivity contribution in [1.82, 2.24) is 14.5 Å². The number of nitrogens with one attached hydrogen (secondary N) is 2. The second-order valence-corrected chi connectivity index (χ2v) is 8.18. The average molecular weight is 366 g/mol. The SMILES string of the molecule is O=C1CN(CC(=O)Nc2ccc(S(=O)(=O)N3CCCC3)cc2)CCN1. The van der Waals surface area contributed by atoms with Crippen molar-refractivity contribution in [3.05, 3.63) is 24.3 Å². The Kier molecular flexibility index (Phi) is 5.36. The average Bonchev–Trinajstić information content (AvgIpc) is 3.10. The Balaban J connectivity index is 1.58. The van der Waals surface area contributed by atoms with E-state index in [9.17, 15) is 18.0 Å². The molecule has 0 atom stereocenters. The first-order valence-electron chi connectivity index (χ1n) is 8.34. The van der Waals surface area contributed by atoms with E-state index in [4.69, 9.17) is 0 Å². The largest absolute Gasteiger partial charge is 0.354 e. The molecule has 2 aliphatic heterocycles. The second kappa shape index (κ2) is 7.51. The Labute approximate surface area is 147 Å². The van der Waals surface area contributed by atoms with E-state index in [1.807, 2.05) is 0 Å². The van der Waals surface area contributed by atoms with Gasteiger partial charge in [0.1, 0.15) is 0 Å². The summed E-state index contributed by atoms with van der Waals surface area (Å²) in [6.45, 7) is 2.62. The molecular formula is C16H22N4O4S. The number of nitrogens with zero attached hydrogens (tertiary/aromatic N) is 2. The van der Waals surface area contributed by atoms with Crippen molar-refractivity contribution < 1.29 is 18.0 Å². The first-order chi connectivity index (χ1) is 11.9. The lowest BCUT2D eigenvalue weighted by molar-refractivity contribution is -0.125. The molecule has 0 bridgehead atoms. The van der Waals surface area contributed by atoms with Gasteiger partial charge < -0.3 is 10.6 Å². The van der Waals surface area contributed by atoms with Gasteiger partial charge in [0.15, 0.2) is 0 Å². The van der Waals surface area contributed by atoms with Crippen molar-refractivity contribution in [2.45, 2.75) is 17.7 Å². The van der Waals surface area contributed by atoms with E-state index in [1.165, 1.54) is 16.4 Å². The van der Waals surface area contributed by atoms with E-state index in [0.29, 0.717) is 31.9 Å². The highest BCUT2D eigenvalue weighted by Gasteiger charge is 2.27. The maximum atomic E-state index is 12.5. The van der Waals surface area contributed by atoms with Gasteiger partial charge in [-0.3, -0.25) is 14.5 Å². The lowest BCUT2D eigenvalue weighted by Crippen LogP contribution is -2.49. The van der Waals surface area contributed by atoms with Crippen LogP contribution in [0.1, 0.15) is 12.8 Å². The number of rotatable bonds is 5. The van der Waals surface area contributed by atoms with E-state index in [2.05, 4.69) is 10.6 Å². The predicted molar refractivity (Wildman–Crippen MR) is 92.5 cm³/mol. The third kappa shape index (κ3) is 4.36. The highest BCUT2D eigenvalue weighted by Crippen LogP contribution is 2.22. The van der Waals surface area contributed by atoms with Gasteiger partial charge in [0.05, 0.1) is 18.0 Å². The van der Waals surface area contributed by atoms with E-state index >= 15 is 0 Å². The molecule has 0 aliphatic carbocycles. The molecule has 0 spiro atoms. The number of carbonyl (C=O) groups is 2. The van der Waals surface area contributed by atoms with Crippen LogP contribution in [0.5, 0.6) is 0 Å². The van der Waals surface area contributed by atoms with Crippen LogP contribution in [0.25, 0.3) is 0 Å². The van der Waals surface area contributed by atoms with Gasteiger partial charge in [0.2, 0.25) is 21.8 Å². The molecule has 0 radical (unpaired) electrons. The number of amides is 2. The fourth-order valence-electron chi connectivity index (χ4n) is 3.02. The highest BCUT2D eigenvalue weighted by molar-refractivity contribution is 7.89. The van der Waals surface area contributed by atoms with Gasteiger partial charge in [0.25, 0.3) is 0 Å². The molecule has 136 valence electrons. The van der Waals surface area contributed by atoms with Crippen LogP contribution in [0.4, 0.5) is 5.69 Å². The third-order valence-electron chi connectivity index (χ3n) is 4.33. The lowest BCUT2D eigenvalue weighted by atomic mass is 10.3. The summed E-state index contributed by atoms with van der Waals surface area (Å²) in [6.07, 6.45) is 1.78. The number of hydrogen-bond acceptors (Lipinski definition) is 5. The summed E-state index contributed by atoms with van der Waals surface area (Å²) in [5.41, 5.74) is 0.534. The lowest BCUT2D eigenvalue weighted by Gasteiger charge is -2.25. The van der Waals surface area contributed by atoms with E-state index in [1.54, 1.807) is 17.0 Å². The second-order valence-electron chi connectivity index (χ2n) is 6.24. The summed E-state index contributed by atoms with van der Waals surface area (Å²) in [7, 11) is -3.44. The van der Waals surface area contributed by atoms with Crippen LogP contribution in [0.15, 0.2) is 29.2 Å². The minimum atomic E-state index is -3.44. The van der Waals surface area contributed by atoms with Gasteiger partial charge >= 0.3 is 0 Å². The van der Waals surface area contributed by atoms with Crippen molar-refractivity contribution in [2.75, 3.05) is 44.6 Å². The van der Waals surface area contributed by atoms with Crippen molar-refractivity contribution in [3.63, 3.8) is 0 Å². The molecule has 9 heteroatoms. The molecule has 2 heterocycles. The minimum absolute atomic E-state index is 0.0875. The third-order valence-corrected chi connectivity index (χ3v) is 6.24. The van der Waals surface area contributed by atoms with Crippen molar-refractivity contribution in [1.29, 1.82) is 0 Å². The Hall–Kier alpha value is -1.97. The van der Waals surface area contributed by atoms with Crippen LogP contribution in [-0.4, -0.2) is 68.7 Å². The number of hydrogen-bond donors (Lipinski definition) is 2. The molecule has 2 saturated heterocycles. The maximum Gasteiger partial charge on any atom is 0.243 e. The summed E-state index contributed by atoms with van der Waals surface area (Å²) < 4.78 is 26.4. The Morgan fingerprint density at radius 2 is 1.80 bits per heavy atom. The Morgan fingerprint density at radius 1 is 1.12 bits per heavy atom. The van der Waals surface area contributed by atoms with Crippen LogP contribution in [0.2, 0.25) is 0 Å². The number of sulfonamides is 1. The van der Waals surface area contributed by atoms with Gasteiger partial charge in [-0.15, -0.1) is 0 Å². The number of carbonyl (C=O) groups excluding carboxylic acids is 2. The van der Waals surface area contributed by atoms with Crippen molar-refractivity contribution in [2.24, 2.45) is 0 Å². The van der Waals surface area contributed by atoms with Crippen LogP contribution in [-0.2, 0) is 19.6 Å². The van der Waals surface area contributed by atoms with Crippen LogP contribution < -0.4 is 10.6 Å². The zero-order valence-corrected chi connectivity index (χ0v) is 14.7. The zero-order chi connectivity index (χ0) is 17.9. The van der Waals surface area contributed by atoms with E-state index < -0.39 is 10.0 Å². The van der Waals surface area contributed by atoms with Crippen molar-refractivity contribution >= 4 is 27.5 Å². The monoisotopic (exact) mass is 366 g/mol. The Morgan fingerprint density at radius 3 is 2.44 bits per heavy atom. The standard InChI is InChI=1S/C16H22N4O4S/c21-15-11-19(10-7-17-15)12-16(22)18-13-3-5-14(6-4-13)25(23,24)20-8-1-2-9-20/h3-6H,1-2,7-12H2,(H,17,21)(H,18,22). The van der Waals surface area contributed by atoms with Crippen LogP contribution in [0, 0.1) is 0 Å². The predicted octanol–water partition coefficient (Wildman–Crippen LogP) is -0.159. The molecule has 0 aromatic heterocycles. The topological polar surface area (TPSA) is 98.8 Å². The van der Waals surface area contributed by atoms with Gasteiger partial charge in [0, 0.05) is 31.9 Å². The summed E-state index contributed by atoms with van der Waals surface area (Å²) in [4.78, 5) is 25.4. The molecule has 2 amide bonds. The summed E-state index contributed by atoms with van der Waals surface area (Å²) in [5, 5.41) is 5.44. The zero-order valence-electron chi connectivity index (χ0n) is 13.9. The quantitative estimate of drug-likeness (QED) is 0.755. The first-order valence-corrected chi connectivity index (χ1v) is 9.78. The van der Waals surface area contributed by atoms with Gasteiger partial charge in [-0.05, 0) is 37.1 Å². The molecule has 0 unspecified atom stereocenters. The normalized spacial score (nSPS) is 19.6. The van der Waals surface area contributed by atoms with E-state index in [-0.39, 0.29) is 29.8 Å². The molecule has 8 nitrogen and oxygen atoms in total. The summed E-state index contributed by atoms with van der Waals surface area (Å²) in [5.74, 6) is -0.319. The fourth-order valence-corrected chi connectivity index (χ4v) is 4.53. The van der Waals surface area contributed by atoms with Gasteiger partial charge in [-0.25, -0.2) is 8.42 Å². The minimum Gasteiger partial charge on any atom is -0.354 e. The molecule has 2 N–H and O–H groups in total. The summed E-state index contributed by atoms with van der Waals surface area (Å²) >= 11 is 0. The smallest absolute Gasteiger partial charge is 0.243 e. The molecular weight excluding hydrogens is 344 g/mol. The van der Waals surface area contributed by atoms with Crippen molar-refractivity contribution in [3.8, 4) is 0 Å². The number of benzene rings is 1. The van der Waals surface area contributed by atoms with Gasteiger partial charge in [-0.1, -0.05) is 0 Å². The molecule has 0 saturated carbocycles. The number of piperazine rings is 1. The molecule has 1 aromatic rings. The fraction of sp³-hybridized carbons (Fsp3) is 0.500. The maximum absolute atomic E-state index is 12.5. The number of anilines is 1. The van der Waals surface area contributed by atoms with E-state index in [0.717, 1.165) is 12.8 Å². The molecule has 2 aliphatic rings. The van der Waals surface area contributed by atoms with Gasteiger partial charge in [-0.2, -0.15) is 4.31 Å². The first kappa shape index (κ1) is 17.8. The molecule has 2 fully saturated rings. The molecule has 3 rings (SSSR count). The van der Waals surface area contributed by atoms with Crippen LogP contribution >= 0.6 is 0 Å². The van der Waals surface area contributed by atoms with Crippen LogP contribution in [0.3, 0.4) is 0 Å². The summed E-state index contributed by atoms with van der Waals surface area (Å²) in [6, 6.07) is 6.20.